The first kappa shape index (κ1) is 9.33. The number of carbonyl (C=O) groups is 1. The number of hydrogen-bond acceptors (Lipinski definition) is 2. The summed E-state index contributed by atoms with van der Waals surface area (Å²) in [5, 5.41) is 8.95. The van der Waals surface area contributed by atoms with Crippen molar-refractivity contribution in [1.82, 2.24) is 4.98 Å². The maximum absolute atomic E-state index is 10.9. The summed E-state index contributed by atoms with van der Waals surface area (Å²) in [6.45, 7) is 0. The van der Waals surface area contributed by atoms with Crippen LogP contribution in [0.4, 0.5) is 5.69 Å². The molecular weight excluding hydrogens is 192 g/mol. The van der Waals surface area contributed by atoms with Crippen LogP contribution in [-0.2, 0) is 0 Å². The minimum Gasteiger partial charge on any atom is -0.478 e. The van der Waals surface area contributed by atoms with E-state index in [1.165, 1.54) is 6.20 Å². The van der Waals surface area contributed by atoms with E-state index in [0.717, 1.165) is 5.56 Å². The lowest BCUT2D eigenvalue weighted by atomic mass is 10.0. The second-order valence-electron chi connectivity index (χ2n) is 3.18. The molecule has 4 nitrogen and oxygen atoms in total. The molecule has 1 heterocycles. The number of aromatic carboxylic acids is 1. The molecule has 2 aromatic rings. The molecule has 0 bridgehead atoms. The number of anilines is 1. The summed E-state index contributed by atoms with van der Waals surface area (Å²) in [5.74, 6) is -0.963. The van der Waals surface area contributed by atoms with Gasteiger partial charge in [0, 0.05) is 29.2 Å². The number of H-pyrrole nitrogens is 1. The smallest absolute Gasteiger partial charge is 0.337 e. The van der Waals surface area contributed by atoms with Crippen molar-refractivity contribution in [2.75, 3.05) is 5.73 Å². The minimum absolute atomic E-state index is 0.230. The highest BCUT2D eigenvalue weighted by Crippen LogP contribution is 2.28. The lowest BCUT2D eigenvalue weighted by molar-refractivity contribution is 0.0698. The van der Waals surface area contributed by atoms with Crippen LogP contribution >= 0.6 is 0 Å². The average molecular weight is 202 g/mol. The summed E-state index contributed by atoms with van der Waals surface area (Å²) in [5.41, 5.74) is 7.92. The first-order valence-electron chi connectivity index (χ1n) is 4.45. The van der Waals surface area contributed by atoms with Gasteiger partial charge >= 0.3 is 5.97 Å². The van der Waals surface area contributed by atoms with Gasteiger partial charge in [0.1, 0.15) is 0 Å². The molecule has 0 aliphatic carbocycles. The standard InChI is InChI=1S/C11H10N2O2/c12-10-4-2-1-3-7(10)8-5-13-6-9(8)11(14)15/h1-6,13H,12H2,(H,14,15). The fourth-order valence-corrected chi connectivity index (χ4v) is 1.51. The molecule has 4 heteroatoms. The summed E-state index contributed by atoms with van der Waals surface area (Å²) in [6, 6.07) is 7.18. The highest BCUT2D eigenvalue weighted by Gasteiger charge is 2.13. The molecule has 0 fully saturated rings. The Morgan fingerprint density at radius 1 is 1.20 bits per heavy atom. The number of carboxylic acids is 1. The predicted octanol–water partition coefficient (Wildman–Crippen LogP) is 1.96. The van der Waals surface area contributed by atoms with E-state index >= 15 is 0 Å². The molecule has 0 saturated carbocycles. The summed E-state index contributed by atoms with van der Waals surface area (Å²) < 4.78 is 0. The predicted molar refractivity (Wildman–Crippen MR) is 57.6 cm³/mol. The minimum atomic E-state index is -0.963. The molecule has 1 aromatic heterocycles. The van der Waals surface area contributed by atoms with Gasteiger partial charge in [-0.15, -0.1) is 0 Å². The van der Waals surface area contributed by atoms with E-state index in [-0.39, 0.29) is 5.56 Å². The number of carboxylic acid groups (broad SMARTS) is 1. The Bertz CT molecular complexity index is 503. The third-order valence-corrected chi connectivity index (χ3v) is 2.23. The van der Waals surface area contributed by atoms with Crippen LogP contribution in [0.2, 0.25) is 0 Å². The third-order valence-electron chi connectivity index (χ3n) is 2.23. The Labute approximate surface area is 86.4 Å². The van der Waals surface area contributed by atoms with Crippen LogP contribution in [0.3, 0.4) is 0 Å². The SMILES string of the molecule is Nc1ccccc1-c1c[nH]cc1C(=O)O. The lowest BCUT2D eigenvalue weighted by Crippen LogP contribution is -1.97. The molecule has 0 amide bonds. The largest absolute Gasteiger partial charge is 0.478 e. The van der Waals surface area contributed by atoms with Gasteiger partial charge in [-0.3, -0.25) is 0 Å². The van der Waals surface area contributed by atoms with E-state index in [0.29, 0.717) is 11.3 Å². The van der Waals surface area contributed by atoms with E-state index in [1.807, 2.05) is 12.1 Å². The number of para-hydroxylation sites is 1. The quantitative estimate of drug-likeness (QED) is 0.651. The zero-order chi connectivity index (χ0) is 10.8. The molecule has 15 heavy (non-hydrogen) atoms. The van der Waals surface area contributed by atoms with Crippen molar-refractivity contribution in [3.05, 3.63) is 42.2 Å². The molecule has 0 unspecified atom stereocenters. The zero-order valence-corrected chi connectivity index (χ0v) is 7.90. The number of hydrogen-bond donors (Lipinski definition) is 3. The number of nitrogen functional groups attached to an aromatic ring is 1. The number of benzene rings is 1. The Hall–Kier alpha value is -2.23. The van der Waals surface area contributed by atoms with Gasteiger partial charge in [0.05, 0.1) is 5.56 Å². The van der Waals surface area contributed by atoms with Gasteiger partial charge in [0.2, 0.25) is 0 Å². The zero-order valence-electron chi connectivity index (χ0n) is 7.90. The average Bonchev–Trinajstić information content (AvgIpc) is 2.67. The fraction of sp³-hybridized carbons (Fsp3) is 0. The Kier molecular flexibility index (Phi) is 2.17. The summed E-state index contributed by atoms with van der Waals surface area (Å²) in [6.07, 6.45) is 3.08. The highest BCUT2D eigenvalue weighted by atomic mass is 16.4. The van der Waals surface area contributed by atoms with Crippen LogP contribution in [0.25, 0.3) is 11.1 Å². The van der Waals surface area contributed by atoms with E-state index in [4.69, 9.17) is 10.8 Å². The summed E-state index contributed by atoms with van der Waals surface area (Å²) in [7, 11) is 0. The highest BCUT2D eigenvalue weighted by molar-refractivity contribution is 5.97. The van der Waals surface area contributed by atoms with Gasteiger partial charge in [0.25, 0.3) is 0 Å². The Morgan fingerprint density at radius 2 is 1.93 bits per heavy atom. The molecule has 0 atom stereocenters. The molecule has 0 aliphatic heterocycles. The second-order valence-corrected chi connectivity index (χ2v) is 3.18. The molecule has 0 spiro atoms. The second kappa shape index (κ2) is 3.49. The molecule has 1 aromatic carbocycles. The number of aromatic nitrogens is 1. The van der Waals surface area contributed by atoms with Gasteiger partial charge in [-0.1, -0.05) is 18.2 Å². The molecule has 0 saturated heterocycles. The number of nitrogens with two attached hydrogens (primary N) is 1. The van der Waals surface area contributed by atoms with Crippen molar-refractivity contribution in [2.24, 2.45) is 0 Å². The normalized spacial score (nSPS) is 10.1. The van der Waals surface area contributed by atoms with Gasteiger partial charge < -0.3 is 15.8 Å². The Morgan fingerprint density at radius 3 is 2.60 bits per heavy atom. The molecule has 0 aliphatic rings. The van der Waals surface area contributed by atoms with Crippen molar-refractivity contribution in [3.8, 4) is 11.1 Å². The van der Waals surface area contributed by atoms with Crippen LogP contribution in [0, 0.1) is 0 Å². The maximum Gasteiger partial charge on any atom is 0.337 e. The van der Waals surface area contributed by atoms with Crippen LogP contribution in [0.15, 0.2) is 36.7 Å². The summed E-state index contributed by atoms with van der Waals surface area (Å²) >= 11 is 0. The molecule has 4 N–H and O–H groups in total. The van der Waals surface area contributed by atoms with Gasteiger partial charge in [-0.05, 0) is 6.07 Å². The first-order valence-corrected chi connectivity index (χ1v) is 4.45. The van der Waals surface area contributed by atoms with Gasteiger partial charge in [-0.2, -0.15) is 0 Å². The van der Waals surface area contributed by atoms with Crippen molar-refractivity contribution in [3.63, 3.8) is 0 Å². The van der Waals surface area contributed by atoms with E-state index < -0.39 is 5.97 Å². The van der Waals surface area contributed by atoms with Gasteiger partial charge in [0.15, 0.2) is 0 Å². The van der Waals surface area contributed by atoms with E-state index in [1.54, 1.807) is 18.3 Å². The molecule has 0 radical (unpaired) electrons. The molecular formula is C11H10N2O2. The van der Waals surface area contributed by atoms with E-state index in [9.17, 15) is 4.79 Å². The maximum atomic E-state index is 10.9. The van der Waals surface area contributed by atoms with Crippen LogP contribution in [-0.4, -0.2) is 16.1 Å². The van der Waals surface area contributed by atoms with Crippen LogP contribution in [0.5, 0.6) is 0 Å². The molecule has 76 valence electrons. The van der Waals surface area contributed by atoms with Crippen molar-refractivity contribution in [2.45, 2.75) is 0 Å². The lowest BCUT2D eigenvalue weighted by Gasteiger charge is -2.03. The Balaban J connectivity index is 2.59. The number of aromatic amines is 1. The van der Waals surface area contributed by atoms with Gasteiger partial charge in [-0.25, -0.2) is 4.79 Å². The number of rotatable bonds is 2. The van der Waals surface area contributed by atoms with Crippen molar-refractivity contribution < 1.29 is 9.90 Å². The third kappa shape index (κ3) is 1.57. The number of nitrogens with one attached hydrogen (secondary N) is 1. The fourth-order valence-electron chi connectivity index (χ4n) is 1.51. The van der Waals surface area contributed by atoms with E-state index in [2.05, 4.69) is 4.98 Å². The topological polar surface area (TPSA) is 79.1 Å². The van der Waals surface area contributed by atoms with Crippen LogP contribution < -0.4 is 5.73 Å². The van der Waals surface area contributed by atoms with Crippen molar-refractivity contribution in [1.29, 1.82) is 0 Å². The summed E-state index contributed by atoms with van der Waals surface area (Å²) in [4.78, 5) is 13.7. The van der Waals surface area contributed by atoms with Crippen LogP contribution in [0.1, 0.15) is 10.4 Å². The van der Waals surface area contributed by atoms with Crippen molar-refractivity contribution >= 4 is 11.7 Å². The first-order chi connectivity index (χ1) is 7.20. The molecule has 2 rings (SSSR count). The monoisotopic (exact) mass is 202 g/mol.